The Bertz CT molecular complexity index is 643. The Kier molecular flexibility index (Phi) is 6.45. The lowest BCUT2D eigenvalue weighted by atomic mass is 9.97. The molecule has 0 radical (unpaired) electrons. The van der Waals surface area contributed by atoms with Crippen LogP contribution in [0.1, 0.15) is 23.2 Å². The van der Waals surface area contributed by atoms with Crippen LogP contribution in [-0.2, 0) is 14.3 Å². The number of amides is 2. The van der Waals surface area contributed by atoms with Gasteiger partial charge in [-0.25, -0.2) is 0 Å². The minimum absolute atomic E-state index is 0.109. The van der Waals surface area contributed by atoms with Gasteiger partial charge in [0.05, 0.1) is 29.6 Å². The van der Waals surface area contributed by atoms with Gasteiger partial charge in [-0.2, -0.15) is 0 Å². The number of methoxy groups -OCH3 is 1. The third-order valence-corrected chi connectivity index (χ3v) is 4.70. The summed E-state index contributed by atoms with van der Waals surface area (Å²) in [5.41, 5.74) is 0.335. The molecule has 1 aromatic rings. The summed E-state index contributed by atoms with van der Waals surface area (Å²) in [7, 11) is 1.36. The fourth-order valence-electron chi connectivity index (χ4n) is 2.54. The van der Waals surface area contributed by atoms with Crippen molar-refractivity contribution in [2.45, 2.75) is 12.8 Å². The second-order valence-corrected chi connectivity index (χ2v) is 6.30. The maximum absolute atomic E-state index is 12.1. The number of esters is 1. The second-order valence-electron chi connectivity index (χ2n) is 5.49. The quantitative estimate of drug-likeness (QED) is 0.821. The summed E-state index contributed by atoms with van der Waals surface area (Å²) in [5.74, 6) is -0.988. The molecule has 2 rings (SSSR count). The largest absolute Gasteiger partial charge is 0.469 e. The lowest BCUT2D eigenvalue weighted by molar-refractivity contribution is -0.148. The van der Waals surface area contributed by atoms with Crippen molar-refractivity contribution in [3.05, 3.63) is 33.8 Å². The molecule has 1 aliphatic heterocycles. The standard InChI is InChI=1S/C16H18Cl2N2O4/c1-24-16(23)10-4-6-20(7-5-10)14(21)9-19-15(22)11-2-3-12(17)13(18)8-11/h2-3,8,10H,4-7,9H2,1H3,(H,19,22). The fourth-order valence-corrected chi connectivity index (χ4v) is 2.84. The highest BCUT2D eigenvalue weighted by atomic mass is 35.5. The van der Waals surface area contributed by atoms with Crippen molar-refractivity contribution < 1.29 is 19.1 Å². The topological polar surface area (TPSA) is 75.7 Å². The van der Waals surface area contributed by atoms with Crippen LogP contribution in [-0.4, -0.2) is 49.4 Å². The molecule has 2 amide bonds. The zero-order valence-electron chi connectivity index (χ0n) is 13.2. The molecule has 0 spiro atoms. The fraction of sp³-hybridized carbons (Fsp3) is 0.438. The third kappa shape index (κ3) is 4.61. The van der Waals surface area contributed by atoms with E-state index in [-0.39, 0.29) is 29.4 Å². The summed E-state index contributed by atoms with van der Waals surface area (Å²) >= 11 is 11.7. The van der Waals surface area contributed by atoms with E-state index in [1.54, 1.807) is 4.90 Å². The number of likely N-dealkylation sites (tertiary alicyclic amines) is 1. The third-order valence-electron chi connectivity index (χ3n) is 3.96. The number of nitrogens with one attached hydrogen (secondary N) is 1. The number of hydrogen-bond acceptors (Lipinski definition) is 4. The SMILES string of the molecule is COC(=O)C1CCN(C(=O)CNC(=O)c2ccc(Cl)c(Cl)c2)CC1. The first kappa shape index (κ1) is 18.5. The molecule has 1 aliphatic rings. The zero-order valence-corrected chi connectivity index (χ0v) is 14.7. The van der Waals surface area contributed by atoms with Crippen LogP contribution in [0.15, 0.2) is 18.2 Å². The van der Waals surface area contributed by atoms with Gasteiger partial charge in [-0.05, 0) is 31.0 Å². The molecule has 0 bridgehead atoms. The number of benzene rings is 1. The number of hydrogen-bond donors (Lipinski definition) is 1. The maximum atomic E-state index is 12.1. The highest BCUT2D eigenvalue weighted by Crippen LogP contribution is 2.22. The van der Waals surface area contributed by atoms with E-state index in [4.69, 9.17) is 27.9 Å². The molecule has 1 heterocycles. The predicted molar refractivity (Wildman–Crippen MR) is 90.1 cm³/mol. The van der Waals surface area contributed by atoms with E-state index in [2.05, 4.69) is 5.32 Å². The van der Waals surface area contributed by atoms with Crippen LogP contribution in [0.25, 0.3) is 0 Å². The lowest BCUT2D eigenvalue weighted by Crippen LogP contribution is -2.45. The van der Waals surface area contributed by atoms with E-state index in [1.807, 2.05) is 0 Å². The zero-order chi connectivity index (χ0) is 17.7. The Labute approximate surface area is 150 Å². The first-order chi connectivity index (χ1) is 11.4. The Morgan fingerprint density at radius 3 is 2.46 bits per heavy atom. The monoisotopic (exact) mass is 372 g/mol. The molecule has 0 unspecified atom stereocenters. The normalized spacial score (nSPS) is 15.0. The van der Waals surface area contributed by atoms with Gasteiger partial charge in [0, 0.05) is 18.7 Å². The molecule has 1 aromatic carbocycles. The van der Waals surface area contributed by atoms with Gasteiger partial charge in [0.1, 0.15) is 0 Å². The van der Waals surface area contributed by atoms with Gasteiger partial charge in [-0.3, -0.25) is 14.4 Å². The average Bonchev–Trinajstić information content (AvgIpc) is 2.61. The summed E-state index contributed by atoms with van der Waals surface area (Å²) in [6.45, 7) is 0.838. The minimum atomic E-state index is -0.397. The molecule has 1 saturated heterocycles. The van der Waals surface area contributed by atoms with Crippen LogP contribution in [0.2, 0.25) is 10.0 Å². The van der Waals surface area contributed by atoms with Crippen molar-refractivity contribution in [3.8, 4) is 0 Å². The molecule has 0 atom stereocenters. The van der Waals surface area contributed by atoms with Gasteiger partial charge in [-0.1, -0.05) is 23.2 Å². The van der Waals surface area contributed by atoms with E-state index in [1.165, 1.54) is 25.3 Å². The van der Waals surface area contributed by atoms with Crippen LogP contribution in [0, 0.1) is 5.92 Å². The van der Waals surface area contributed by atoms with E-state index < -0.39 is 5.91 Å². The molecule has 1 fully saturated rings. The molecule has 24 heavy (non-hydrogen) atoms. The smallest absolute Gasteiger partial charge is 0.308 e. The van der Waals surface area contributed by atoms with E-state index in [9.17, 15) is 14.4 Å². The maximum Gasteiger partial charge on any atom is 0.308 e. The Morgan fingerprint density at radius 1 is 1.21 bits per heavy atom. The first-order valence-corrected chi connectivity index (χ1v) is 8.27. The van der Waals surface area contributed by atoms with Gasteiger partial charge in [0.25, 0.3) is 5.91 Å². The number of halogens is 2. The summed E-state index contributed by atoms with van der Waals surface area (Å²) in [4.78, 5) is 37.3. The number of ether oxygens (including phenoxy) is 1. The number of nitrogens with zero attached hydrogens (tertiary/aromatic N) is 1. The number of rotatable bonds is 4. The Hall–Kier alpha value is -1.79. The van der Waals surface area contributed by atoms with Crippen molar-refractivity contribution in [2.75, 3.05) is 26.7 Å². The van der Waals surface area contributed by atoms with Crippen molar-refractivity contribution in [1.29, 1.82) is 0 Å². The van der Waals surface area contributed by atoms with E-state index >= 15 is 0 Å². The van der Waals surface area contributed by atoms with Crippen LogP contribution >= 0.6 is 23.2 Å². The van der Waals surface area contributed by atoms with Crippen LogP contribution in [0.4, 0.5) is 0 Å². The van der Waals surface area contributed by atoms with E-state index in [0.717, 1.165) is 0 Å². The van der Waals surface area contributed by atoms with Gasteiger partial charge >= 0.3 is 5.97 Å². The van der Waals surface area contributed by atoms with Crippen LogP contribution in [0.3, 0.4) is 0 Å². The van der Waals surface area contributed by atoms with Crippen molar-refractivity contribution in [3.63, 3.8) is 0 Å². The van der Waals surface area contributed by atoms with Gasteiger partial charge in [0.15, 0.2) is 0 Å². The minimum Gasteiger partial charge on any atom is -0.469 e. The summed E-state index contributed by atoms with van der Waals surface area (Å²) in [6.07, 6.45) is 1.14. The van der Waals surface area contributed by atoms with Crippen LogP contribution in [0.5, 0.6) is 0 Å². The Morgan fingerprint density at radius 2 is 1.88 bits per heavy atom. The second kappa shape index (κ2) is 8.35. The highest BCUT2D eigenvalue weighted by molar-refractivity contribution is 6.42. The van der Waals surface area contributed by atoms with E-state index in [0.29, 0.717) is 36.5 Å². The average molecular weight is 373 g/mol. The summed E-state index contributed by atoms with van der Waals surface area (Å²) in [6, 6.07) is 4.51. The van der Waals surface area contributed by atoms with Crippen molar-refractivity contribution in [1.82, 2.24) is 10.2 Å². The summed E-state index contributed by atoms with van der Waals surface area (Å²) in [5, 5.41) is 3.20. The number of carbonyl (C=O) groups excluding carboxylic acids is 3. The highest BCUT2D eigenvalue weighted by Gasteiger charge is 2.27. The molecule has 8 heteroatoms. The molecular weight excluding hydrogens is 355 g/mol. The molecular formula is C16H18Cl2N2O4. The Balaban J connectivity index is 1.82. The number of piperidine rings is 1. The molecule has 6 nitrogen and oxygen atoms in total. The van der Waals surface area contributed by atoms with Gasteiger partial charge in [-0.15, -0.1) is 0 Å². The van der Waals surface area contributed by atoms with Crippen molar-refractivity contribution in [2.24, 2.45) is 5.92 Å². The summed E-state index contributed by atoms with van der Waals surface area (Å²) < 4.78 is 4.71. The number of carbonyl (C=O) groups is 3. The predicted octanol–water partition coefficient (Wildman–Crippen LogP) is 2.13. The lowest BCUT2D eigenvalue weighted by Gasteiger charge is -2.30. The molecule has 0 saturated carbocycles. The molecule has 1 N–H and O–H groups in total. The van der Waals surface area contributed by atoms with Crippen LogP contribution < -0.4 is 5.32 Å². The molecule has 0 aromatic heterocycles. The first-order valence-electron chi connectivity index (χ1n) is 7.51. The van der Waals surface area contributed by atoms with Crippen molar-refractivity contribution >= 4 is 41.0 Å². The molecule has 130 valence electrons. The van der Waals surface area contributed by atoms with Gasteiger partial charge < -0.3 is 15.0 Å². The van der Waals surface area contributed by atoms with Gasteiger partial charge in [0.2, 0.25) is 5.91 Å². The molecule has 0 aliphatic carbocycles.